The summed E-state index contributed by atoms with van der Waals surface area (Å²) < 4.78 is 2.03. The van der Waals surface area contributed by atoms with Gasteiger partial charge in [0, 0.05) is 30.2 Å². The molecule has 98 valence electrons. The van der Waals surface area contributed by atoms with Crippen LogP contribution in [0.25, 0.3) is 0 Å². The minimum absolute atomic E-state index is 0.0313. The van der Waals surface area contributed by atoms with Gasteiger partial charge in [0.05, 0.1) is 6.33 Å². The van der Waals surface area contributed by atoms with Crippen molar-refractivity contribution in [1.82, 2.24) is 14.9 Å². The van der Waals surface area contributed by atoms with Crippen LogP contribution in [0, 0.1) is 0 Å². The summed E-state index contributed by atoms with van der Waals surface area (Å²) in [6.45, 7) is 1.70. The number of carbonyl (C=O) groups is 1. The molecule has 1 unspecified atom stereocenters. The lowest BCUT2D eigenvalue weighted by atomic mass is 10.1. The van der Waals surface area contributed by atoms with E-state index in [-0.39, 0.29) is 11.9 Å². The topological polar surface area (TPSA) is 59.0 Å². The van der Waals surface area contributed by atoms with E-state index in [1.165, 1.54) is 0 Å². The van der Waals surface area contributed by atoms with Crippen molar-refractivity contribution in [1.29, 1.82) is 0 Å². The molecule has 1 atom stereocenters. The van der Waals surface area contributed by atoms with Crippen molar-refractivity contribution in [3.63, 3.8) is 0 Å². The Bertz CT molecular complexity index is 565. The van der Waals surface area contributed by atoms with E-state index in [1.807, 2.05) is 35.0 Å². The average Bonchev–Trinajstić information content (AvgIpc) is 3.02. The average molecular weight is 256 g/mol. The second-order valence-electron chi connectivity index (χ2n) is 4.62. The van der Waals surface area contributed by atoms with Gasteiger partial charge in [-0.1, -0.05) is 18.2 Å². The monoisotopic (exact) mass is 256 g/mol. The molecule has 0 bridgehead atoms. The van der Waals surface area contributed by atoms with Crippen LogP contribution in [0.2, 0.25) is 0 Å². The standard InChI is InChI=1S/C14H16N4O/c19-14-13(11-4-1-2-5-12(11)17-14)16-6-3-8-18-9-7-15-10-18/h1-2,4-5,7,9-10,13,16H,3,6,8H2,(H,17,19). The van der Waals surface area contributed by atoms with Gasteiger partial charge in [-0.2, -0.15) is 0 Å². The van der Waals surface area contributed by atoms with Crippen LogP contribution in [0.4, 0.5) is 5.69 Å². The van der Waals surface area contributed by atoms with Gasteiger partial charge in [0.1, 0.15) is 6.04 Å². The number of rotatable bonds is 5. The van der Waals surface area contributed by atoms with Gasteiger partial charge in [-0.25, -0.2) is 4.98 Å². The highest BCUT2D eigenvalue weighted by molar-refractivity contribution is 6.02. The third-order valence-corrected chi connectivity index (χ3v) is 3.29. The number of anilines is 1. The Hall–Kier alpha value is -2.14. The maximum Gasteiger partial charge on any atom is 0.246 e. The lowest BCUT2D eigenvalue weighted by Crippen LogP contribution is -2.28. The summed E-state index contributed by atoms with van der Waals surface area (Å²) in [5.74, 6) is 0.0313. The molecule has 5 heteroatoms. The first-order valence-electron chi connectivity index (χ1n) is 6.43. The van der Waals surface area contributed by atoms with E-state index in [0.29, 0.717) is 0 Å². The number of amides is 1. The van der Waals surface area contributed by atoms with Crippen LogP contribution in [0.3, 0.4) is 0 Å². The van der Waals surface area contributed by atoms with Crippen molar-refractivity contribution in [3.8, 4) is 0 Å². The molecule has 2 N–H and O–H groups in total. The zero-order valence-electron chi connectivity index (χ0n) is 10.5. The molecule has 2 heterocycles. The molecular weight excluding hydrogens is 240 g/mol. The Morgan fingerprint density at radius 2 is 2.26 bits per heavy atom. The predicted molar refractivity (Wildman–Crippen MR) is 72.7 cm³/mol. The highest BCUT2D eigenvalue weighted by atomic mass is 16.2. The zero-order chi connectivity index (χ0) is 13.1. The Morgan fingerprint density at radius 3 is 3.11 bits per heavy atom. The molecule has 1 amide bonds. The third kappa shape index (κ3) is 2.51. The van der Waals surface area contributed by atoms with Gasteiger partial charge < -0.3 is 15.2 Å². The molecular formula is C14H16N4O. The molecule has 0 fully saturated rings. The Kier molecular flexibility index (Phi) is 3.29. The summed E-state index contributed by atoms with van der Waals surface area (Å²) >= 11 is 0. The maximum absolute atomic E-state index is 11.9. The predicted octanol–water partition coefficient (Wildman–Crippen LogP) is 1.56. The number of carbonyl (C=O) groups excluding carboxylic acids is 1. The van der Waals surface area contributed by atoms with E-state index in [4.69, 9.17) is 0 Å². The Balaban J connectivity index is 1.54. The number of imidazole rings is 1. The molecule has 1 aliphatic heterocycles. The molecule has 3 rings (SSSR count). The van der Waals surface area contributed by atoms with Crippen molar-refractivity contribution in [3.05, 3.63) is 48.5 Å². The molecule has 2 aromatic rings. The molecule has 1 aromatic carbocycles. The van der Waals surface area contributed by atoms with Crippen LogP contribution >= 0.6 is 0 Å². The van der Waals surface area contributed by atoms with E-state index >= 15 is 0 Å². The van der Waals surface area contributed by atoms with Crippen molar-refractivity contribution in [2.24, 2.45) is 0 Å². The van der Waals surface area contributed by atoms with E-state index in [2.05, 4.69) is 15.6 Å². The molecule has 1 aromatic heterocycles. The molecule has 0 saturated heterocycles. The fraction of sp³-hybridized carbons (Fsp3) is 0.286. The van der Waals surface area contributed by atoms with Gasteiger partial charge in [0.2, 0.25) is 5.91 Å². The van der Waals surface area contributed by atoms with Gasteiger partial charge in [0.25, 0.3) is 0 Å². The first-order chi connectivity index (χ1) is 9.34. The quantitative estimate of drug-likeness (QED) is 0.798. The number of hydrogen-bond acceptors (Lipinski definition) is 3. The minimum atomic E-state index is -0.223. The summed E-state index contributed by atoms with van der Waals surface area (Å²) in [5.41, 5.74) is 1.95. The number of benzene rings is 1. The van der Waals surface area contributed by atoms with E-state index in [9.17, 15) is 4.79 Å². The first kappa shape index (κ1) is 11.9. The number of aryl methyl sites for hydroxylation is 1. The van der Waals surface area contributed by atoms with Crippen molar-refractivity contribution < 1.29 is 4.79 Å². The van der Waals surface area contributed by atoms with Gasteiger partial charge in [0.15, 0.2) is 0 Å². The number of nitrogens with zero attached hydrogens (tertiary/aromatic N) is 2. The van der Waals surface area contributed by atoms with Crippen LogP contribution in [0.1, 0.15) is 18.0 Å². The summed E-state index contributed by atoms with van der Waals surface area (Å²) in [7, 11) is 0. The SMILES string of the molecule is O=C1Nc2ccccc2C1NCCCn1ccnc1. The molecule has 0 spiro atoms. The van der Waals surface area contributed by atoms with E-state index in [1.54, 1.807) is 12.5 Å². The van der Waals surface area contributed by atoms with Crippen LogP contribution in [0.5, 0.6) is 0 Å². The van der Waals surface area contributed by atoms with Crippen LogP contribution in [0.15, 0.2) is 43.0 Å². The third-order valence-electron chi connectivity index (χ3n) is 3.29. The van der Waals surface area contributed by atoms with Crippen molar-refractivity contribution in [2.45, 2.75) is 19.0 Å². The number of aromatic nitrogens is 2. The first-order valence-corrected chi connectivity index (χ1v) is 6.43. The summed E-state index contributed by atoms with van der Waals surface area (Å²) in [4.78, 5) is 15.9. The molecule has 5 nitrogen and oxygen atoms in total. The summed E-state index contributed by atoms with van der Waals surface area (Å²) in [5, 5.41) is 6.19. The van der Waals surface area contributed by atoms with E-state index < -0.39 is 0 Å². The number of hydrogen-bond donors (Lipinski definition) is 2. The second kappa shape index (κ2) is 5.24. The minimum Gasteiger partial charge on any atom is -0.337 e. The Morgan fingerprint density at radius 1 is 1.37 bits per heavy atom. The maximum atomic E-state index is 11.9. The largest absolute Gasteiger partial charge is 0.337 e. The Labute approximate surface area is 111 Å². The van der Waals surface area contributed by atoms with Gasteiger partial charge in [-0.15, -0.1) is 0 Å². The van der Waals surface area contributed by atoms with Crippen LogP contribution in [-0.2, 0) is 11.3 Å². The summed E-state index contributed by atoms with van der Waals surface area (Å²) in [6.07, 6.45) is 6.48. The van der Waals surface area contributed by atoms with Crippen LogP contribution < -0.4 is 10.6 Å². The van der Waals surface area contributed by atoms with Crippen molar-refractivity contribution in [2.75, 3.05) is 11.9 Å². The number of nitrogens with one attached hydrogen (secondary N) is 2. The molecule has 0 radical (unpaired) electrons. The fourth-order valence-corrected chi connectivity index (χ4v) is 2.34. The summed E-state index contributed by atoms with van der Waals surface area (Å²) in [6, 6.07) is 7.58. The lowest BCUT2D eigenvalue weighted by Gasteiger charge is -2.11. The normalized spacial score (nSPS) is 17.3. The molecule has 0 aliphatic carbocycles. The van der Waals surface area contributed by atoms with E-state index in [0.717, 1.165) is 30.8 Å². The number of para-hydroxylation sites is 1. The van der Waals surface area contributed by atoms with Gasteiger partial charge in [-0.05, 0) is 19.0 Å². The molecule has 1 aliphatic rings. The highest BCUT2D eigenvalue weighted by Crippen LogP contribution is 2.29. The van der Waals surface area contributed by atoms with Crippen LogP contribution in [-0.4, -0.2) is 22.0 Å². The van der Waals surface area contributed by atoms with Gasteiger partial charge in [-0.3, -0.25) is 4.79 Å². The smallest absolute Gasteiger partial charge is 0.246 e. The second-order valence-corrected chi connectivity index (χ2v) is 4.62. The fourth-order valence-electron chi connectivity index (χ4n) is 2.34. The molecule has 19 heavy (non-hydrogen) atoms. The number of fused-ring (bicyclic) bond motifs is 1. The van der Waals surface area contributed by atoms with Crippen molar-refractivity contribution >= 4 is 11.6 Å². The highest BCUT2D eigenvalue weighted by Gasteiger charge is 2.29. The molecule has 0 saturated carbocycles. The zero-order valence-corrected chi connectivity index (χ0v) is 10.5. The van der Waals surface area contributed by atoms with Gasteiger partial charge >= 0.3 is 0 Å². The lowest BCUT2D eigenvalue weighted by molar-refractivity contribution is -0.117.